The van der Waals surface area contributed by atoms with Gasteiger partial charge in [0.1, 0.15) is 23.3 Å². The van der Waals surface area contributed by atoms with Crippen molar-refractivity contribution in [1.29, 1.82) is 10.5 Å². The van der Waals surface area contributed by atoms with Gasteiger partial charge in [0.25, 0.3) is 0 Å². The molecule has 0 radical (unpaired) electrons. The molecule has 0 aliphatic heterocycles. The number of hydrogen-bond acceptors (Lipinski definition) is 8. The molecule has 0 aromatic rings. The molecule has 0 saturated carbocycles. The maximum atomic E-state index is 11.3. The van der Waals surface area contributed by atoms with Crippen LogP contribution in [0.15, 0.2) is 32.9 Å². The van der Waals surface area contributed by atoms with E-state index in [4.69, 9.17) is 10.5 Å². The molecule has 0 heterocycles. The van der Waals surface area contributed by atoms with E-state index in [1.165, 1.54) is 12.1 Å². The van der Waals surface area contributed by atoms with Crippen molar-refractivity contribution in [3.8, 4) is 12.1 Å². The number of nitroso groups, excluding NO2 is 2. The van der Waals surface area contributed by atoms with Crippen molar-refractivity contribution in [2.75, 3.05) is 0 Å². The van der Waals surface area contributed by atoms with Crippen LogP contribution in [0.5, 0.6) is 0 Å². The molecule has 1 rings (SSSR count). The van der Waals surface area contributed by atoms with Crippen LogP contribution in [0.4, 0.5) is 0 Å². The van der Waals surface area contributed by atoms with Crippen LogP contribution in [0.25, 0.3) is 0 Å². The second-order valence-corrected chi connectivity index (χ2v) is 2.51. The summed E-state index contributed by atoms with van der Waals surface area (Å²) in [4.78, 5) is 43.2. The van der Waals surface area contributed by atoms with Gasteiger partial charge in [0.2, 0.25) is 11.6 Å². The molecule has 0 saturated heterocycles. The SMILES string of the molecule is N#CC1=C(C#N)C(=O)C(N=O)=C(N=O)C1=O. The average molecular weight is 216 g/mol. The van der Waals surface area contributed by atoms with Gasteiger partial charge in [-0.1, -0.05) is 0 Å². The Kier molecular flexibility index (Phi) is 2.78. The molecule has 8 nitrogen and oxygen atoms in total. The zero-order chi connectivity index (χ0) is 12.3. The molecule has 0 aromatic carbocycles. The summed E-state index contributed by atoms with van der Waals surface area (Å²) in [7, 11) is 0. The number of nitrogens with zero attached hydrogens (tertiary/aromatic N) is 4. The molecule has 0 aromatic heterocycles. The lowest BCUT2D eigenvalue weighted by Gasteiger charge is -2.07. The number of carbonyl (C=O) groups excluding carboxylic acids is 2. The molecule has 76 valence electrons. The van der Waals surface area contributed by atoms with E-state index in [0.29, 0.717) is 0 Å². The molecule has 0 N–H and O–H groups in total. The summed E-state index contributed by atoms with van der Waals surface area (Å²) < 4.78 is 0. The van der Waals surface area contributed by atoms with E-state index in [2.05, 4.69) is 10.4 Å². The van der Waals surface area contributed by atoms with E-state index < -0.39 is 34.1 Å². The molecule has 0 fully saturated rings. The van der Waals surface area contributed by atoms with Gasteiger partial charge in [-0.2, -0.15) is 10.5 Å². The van der Waals surface area contributed by atoms with Crippen LogP contribution in [0.2, 0.25) is 0 Å². The maximum absolute atomic E-state index is 11.3. The first kappa shape index (κ1) is 11.1. The Morgan fingerprint density at radius 2 is 1.12 bits per heavy atom. The highest BCUT2D eigenvalue weighted by atomic mass is 16.3. The summed E-state index contributed by atoms with van der Waals surface area (Å²) in [5.74, 6) is -2.49. The van der Waals surface area contributed by atoms with Gasteiger partial charge in [-0.15, -0.1) is 9.81 Å². The van der Waals surface area contributed by atoms with E-state index in [9.17, 15) is 19.4 Å². The Bertz CT molecular complexity index is 520. The summed E-state index contributed by atoms with van der Waals surface area (Å²) in [5, 5.41) is 21.4. The minimum atomic E-state index is -1.25. The van der Waals surface area contributed by atoms with Crippen molar-refractivity contribution in [3.05, 3.63) is 32.4 Å². The lowest BCUT2D eigenvalue weighted by molar-refractivity contribution is -0.116. The van der Waals surface area contributed by atoms with Gasteiger partial charge in [0.15, 0.2) is 11.4 Å². The third-order valence-electron chi connectivity index (χ3n) is 1.76. The molecular weight excluding hydrogens is 216 g/mol. The highest BCUT2D eigenvalue weighted by molar-refractivity contribution is 6.27. The van der Waals surface area contributed by atoms with Crippen molar-refractivity contribution in [2.24, 2.45) is 10.4 Å². The number of Topliss-reactive ketones (excluding diaryl/α,β-unsaturated/α-hetero) is 2. The first-order valence-electron chi connectivity index (χ1n) is 3.67. The summed E-state index contributed by atoms with van der Waals surface area (Å²) in [6, 6.07) is 2.61. The topological polar surface area (TPSA) is 141 Å². The number of carbonyl (C=O) groups is 2. The van der Waals surface area contributed by atoms with Gasteiger partial charge in [-0.25, -0.2) is 0 Å². The summed E-state index contributed by atoms with van der Waals surface area (Å²) >= 11 is 0. The summed E-state index contributed by atoms with van der Waals surface area (Å²) in [6.07, 6.45) is 0. The minimum Gasteiger partial charge on any atom is -0.286 e. The number of nitriles is 2. The zero-order valence-electron chi connectivity index (χ0n) is 7.42. The van der Waals surface area contributed by atoms with Crippen LogP contribution in [0.3, 0.4) is 0 Å². The standard InChI is InChI=1S/C8N4O4/c9-1-3-4(2-10)8(14)6(12-16)5(11-15)7(3)13. The van der Waals surface area contributed by atoms with Gasteiger partial charge in [0.05, 0.1) is 0 Å². The van der Waals surface area contributed by atoms with Crippen molar-refractivity contribution in [1.82, 2.24) is 0 Å². The highest BCUT2D eigenvalue weighted by Crippen LogP contribution is 2.25. The number of ketones is 2. The van der Waals surface area contributed by atoms with Crippen molar-refractivity contribution < 1.29 is 9.59 Å². The van der Waals surface area contributed by atoms with Crippen LogP contribution in [0, 0.1) is 32.5 Å². The van der Waals surface area contributed by atoms with Crippen LogP contribution < -0.4 is 0 Å². The zero-order valence-corrected chi connectivity index (χ0v) is 7.42. The molecule has 8 heteroatoms. The van der Waals surface area contributed by atoms with Crippen molar-refractivity contribution in [3.63, 3.8) is 0 Å². The Morgan fingerprint density at radius 3 is 1.31 bits per heavy atom. The number of allylic oxidation sites excluding steroid dienone is 2. The predicted molar refractivity (Wildman–Crippen MR) is 46.9 cm³/mol. The van der Waals surface area contributed by atoms with Gasteiger partial charge in [0, 0.05) is 0 Å². The van der Waals surface area contributed by atoms with Crippen LogP contribution in [-0.2, 0) is 9.59 Å². The second kappa shape index (κ2) is 4.02. The largest absolute Gasteiger partial charge is 0.286 e. The van der Waals surface area contributed by atoms with Gasteiger partial charge >= 0.3 is 0 Å². The number of rotatable bonds is 2. The fourth-order valence-corrected chi connectivity index (χ4v) is 1.06. The molecule has 1 aliphatic carbocycles. The van der Waals surface area contributed by atoms with Gasteiger partial charge in [-0.3, -0.25) is 9.59 Å². The smallest absolute Gasteiger partial charge is 0.229 e. The van der Waals surface area contributed by atoms with Gasteiger partial charge in [-0.05, 0) is 10.4 Å². The third kappa shape index (κ3) is 1.31. The normalized spacial score (nSPS) is 15.6. The fraction of sp³-hybridized carbons (Fsp3) is 0. The highest BCUT2D eigenvalue weighted by Gasteiger charge is 2.37. The Balaban J connectivity index is 3.62. The monoisotopic (exact) mass is 216 g/mol. The predicted octanol–water partition coefficient (Wildman–Crippen LogP) is 0.226. The molecule has 0 unspecified atom stereocenters. The molecule has 16 heavy (non-hydrogen) atoms. The Morgan fingerprint density at radius 1 is 0.812 bits per heavy atom. The maximum Gasteiger partial charge on any atom is 0.229 e. The van der Waals surface area contributed by atoms with Crippen molar-refractivity contribution in [2.45, 2.75) is 0 Å². The lowest BCUT2D eigenvalue weighted by Crippen LogP contribution is -2.21. The summed E-state index contributed by atoms with van der Waals surface area (Å²) in [5.41, 5.74) is -3.71. The molecule has 0 amide bonds. The molecule has 0 bridgehead atoms. The van der Waals surface area contributed by atoms with E-state index >= 15 is 0 Å². The van der Waals surface area contributed by atoms with Crippen LogP contribution in [0.1, 0.15) is 0 Å². The van der Waals surface area contributed by atoms with Gasteiger partial charge < -0.3 is 0 Å². The molecule has 1 aliphatic rings. The number of hydrogen-bond donors (Lipinski definition) is 0. The van der Waals surface area contributed by atoms with Crippen LogP contribution >= 0.6 is 0 Å². The summed E-state index contributed by atoms with van der Waals surface area (Å²) in [6.45, 7) is 0. The second-order valence-electron chi connectivity index (χ2n) is 2.51. The average Bonchev–Trinajstić information content (AvgIpc) is 2.30. The fourth-order valence-electron chi connectivity index (χ4n) is 1.06. The third-order valence-corrected chi connectivity index (χ3v) is 1.76. The first-order valence-corrected chi connectivity index (χ1v) is 3.67. The van der Waals surface area contributed by atoms with E-state index in [-0.39, 0.29) is 0 Å². The van der Waals surface area contributed by atoms with E-state index in [1.54, 1.807) is 0 Å². The Labute approximate surface area is 87.4 Å². The minimum absolute atomic E-state index is 0.811. The first-order chi connectivity index (χ1) is 7.62. The molecule has 0 spiro atoms. The molecular formula is C8N4O4. The molecule has 0 atom stereocenters. The van der Waals surface area contributed by atoms with E-state index in [0.717, 1.165) is 0 Å². The van der Waals surface area contributed by atoms with Crippen molar-refractivity contribution >= 4 is 11.6 Å². The Hall–Kier alpha value is -3.00. The quantitative estimate of drug-likeness (QED) is 0.477. The van der Waals surface area contributed by atoms with E-state index in [1.807, 2.05) is 0 Å². The lowest BCUT2D eigenvalue weighted by atomic mass is 9.92. The van der Waals surface area contributed by atoms with Crippen LogP contribution in [-0.4, -0.2) is 11.6 Å².